The van der Waals surface area contributed by atoms with E-state index in [9.17, 15) is 14.4 Å². The van der Waals surface area contributed by atoms with Crippen molar-refractivity contribution in [2.24, 2.45) is 14.1 Å². The normalized spacial score (nSPS) is 11.3. The van der Waals surface area contributed by atoms with Crippen LogP contribution in [-0.2, 0) is 25.4 Å². The van der Waals surface area contributed by atoms with Crippen molar-refractivity contribution in [3.05, 3.63) is 63.5 Å². The van der Waals surface area contributed by atoms with Gasteiger partial charge < -0.3 is 9.73 Å². The number of para-hydroxylation sites is 2. The maximum Gasteiger partial charge on any atom is 0.420 e. The third kappa shape index (κ3) is 2.43. The second-order valence-corrected chi connectivity index (χ2v) is 6.07. The van der Waals surface area contributed by atoms with Crippen LogP contribution in [0.1, 0.15) is 0 Å². The standard InChI is InChI=1S/C18H16N4O4/c1-20-12-8-7-11(9-14(12)21(2)17(20)24)19-16(23)10-22-13-5-3-4-6-15(13)26-18(22)25/h3-9H,10H2,1-2H3,(H,19,23). The molecule has 8 nitrogen and oxygen atoms in total. The number of nitrogens with one attached hydrogen (secondary N) is 1. The van der Waals surface area contributed by atoms with Gasteiger partial charge in [-0.3, -0.25) is 18.5 Å². The zero-order valence-corrected chi connectivity index (χ0v) is 14.2. The Morgan fingerprint density at radius 3 is 2.54 bits per heavy atom. The van der Waals surface area contributed by atoms with E-state index in [1.54, 1.807) is 56.6 Å². The number of rotatable bonds is 3. The van der Waals surface area contributed by atoms with E-state index >= 15 is 0 Å². The summed E-state index contributed by atoms with van der Waals surface area (Å²) in [6.45, 7) is -0.165. The van der Waals surface area contributed by atoms with E-state index in [0.29, 0.717) is 22.3 Å². The highest BCUT2D eigenvalue weighted by molar-refractivity contribution is 5.93. The minimum Gasteiger partial charge on any atom is -0.408 e. The zero-order chi connectivity index (χ0) is 18.4. The van der Waals surface area contributed by atoms with E-state index in [4.69, 9.17) is 4.42 Å². The van der Waals surface area contributed by atoms with Crippen molar-refractivity contribution < 1.29 is 9.21 Å². The quantitative estimate of drug-likeness (QED) is 0.604. The molecule has 1 amide bonds. The Bertz CT molecular complexity index is 1270. The van der Waals surface area contributed by atoms with E-state index in [2.05, 4.69) is 5.32 Å². The first-order valence-corrected chi connectivity index (χ1v) is 7.99. The van der Waals surface area contributed by atoms with Crippen LogP contribution in [-0.4, -0.2) is 19.6 Å². The van der Waals surface area contributed by atoms with Gasteiger partial charge in [0.2, 0.25) is 5.91 Å². The molecule has 0 saturated carbocycles. The molecule has 0 radical (unpaired) electrons. The van der Waals surface area contributed by atoms with Gasteiger partial charge in [-0.25, -0.2) is 9.59 Å². The number of anilines is 1. The molecule has 1 N–H and O–H groups in total. The fourth-order valence-electron chi connectivity index (χ4n) is 3.09. The number of fused-ring (bicyclic) bond motifs is 2. The van der Waals surface area contributed by atoms with E-state index in [1.807, 2.05) is 0 Å². The number of nitrogens with zero attached hydrogens (tertiary/aromatic N) is 3. The Kier molecular flexibility index (Phi) is 3.54. The van der Waals surface area contributed by atoms with E-state index in [0.717, 1.165) is 5.52 Å². The van der Waals surface area contributed by atoms with E-state index in [-0.39, 0.29) is 18.1 Å². The third-order valence-corrected chi connectivity index (χ3v) is 4.43. The monoisotopic (exact) mass is 352 g/mol. The molecule has 8 heteroatoms. The molecular weight excluding hydrogens is 336 g/mol. The van der Waals surface area contributed by atoms with Crippen molar-refractivity contribution >= 4 is 33.7 Å². The van der Waals surface area contributed by atoms with Crippen molar-refractivity contribution in [3.63, 3.8) is 0 Å². The highest BCUT2D eigenvalue weighted by Crippen LogP contribution is 2.18. The second-order valence-electron chi connectivity index (χ2n) is 6.07. The Morgan fingerprint density at radius 2 is 1.73 bits per heavy atom. The second kappa shape index (κ2) is 5.76. The minimum absolute atomic E-state index is 0.139. The number of aryl methyl sites for hydroxylation is 2. The van der Waals surface area contributed by atoms with Crippen LogP contribution in [0.3, 0.4) is 0 Å². The van der Waals surface area contributed by atoms with E-state index in [1.165, 1.54) is 13.7 Å². The van der Waals surface area contributed by atoms with Gasteiger partial charge in [0, 0.05) is 19.8 Å². The average molecular weight is 352 g/mol. The molecule has 4 aromatic rings. The van der Waals surface area contributed by atoms with E-state index < -0.39 is 5.76 Å². The lowest BCUT2D eigenvalue weighted by molar-refractivity contribution is -0.116. The fourth-order valence-corrected chi connectivity index (χ4v) is 3.09. The van der Waals surface area contributed by atoms with Gasteiger partial charge >= 0.3 is 11.4 Å². The molecule has 2 aromatic heterocycles. The molecule has 26 heavy (non-hydrogen) atoms. The Labute approximate surface area is 146 Å². The maximum atomic E-state index is 12.4. The largest absolute Gasteiger partial charge is 0.420 e. The predicted octanol–water partition coefficient (Wildman–Crippen LogP) is 1.42. The van der Waals surface area contributed by atoms with Crippen LogP contribution < -0.4 is 16.8 Å². The van der Waals surface area contributed by atoms with Gasteiger partial charge in [0.1, 0.15) is 6.54 Å². The summed E-state index contributed by atoms with van der Waals surface area (Å²) in [5.74, 6) is -0.943. The summed E-state index contributed by atoms with van der Waals surface area (Å²) >= 11 is 0. The molecule has 0 bridgehead atoms. The highest BCUT2D eigenvalue weighted by Gasteiger charge is 2.13. The molecule has 0 saturated heterocycles. The van der Waals surface area contributed by atoms with Crippen molar-refractivity contribution in [2.45, 2.75) is 6.54 Å². The number of carbonyl (C=O) groups excluding carboxylic acids is 1. The number of oxazole rings is 1. The SMILES string of the molecule is Cn1c(=O)n(C)c2cc(NC(=O)Cn3c(=O)oc4ccccc43)ccc21. The first-order valence-electron chi connectivity index (χ1n) is 7.99. The molecule has 4 rings (SSSR count). The summed E-state index contributed by atoms with van der Waals surface area (Å²) in [5, 5.41) is 2.76. The molecule has 0 spiro atoms. The van der Waals surface area contributed by atoms with Crippen LogP contribution in [0.2, 0.25) is 0 Å². The van der Waals surface area contributed by atoms with Gasteiger partial charge in [0.15, 0.2) is 5.58 Å². The number of hydrogen-bond donors (Lipinski definition) is 1. The van der Waals surface area contributed by atoms with Crippen LogP contribution in [0.4, 0.5) is 5.69 Å². The van der Waals surface area contributed by atoms with Crippen molar-refractivity contribution in [3.8, 4) is 0 Å². The number of aromatic nitrogens is 3. The van der Waals surface area contributed by atoms with Crippen LogP contribution in [0.5, 0.6) is 0 Å². The van der Waals surface area contributed by atoms with Gasteiger partial charge in [0.05, 0.1) is 16.6 Å². The fraction of sp³-hybridized carbons (Fsp3) is 0.167. The molecular formula is C18H16N4O4. The van der Waals surface area contributed by atoms with Crippen molar-refractivity contribution in [2.75, 3.05) is 5.32 Å². The van der Waals surface area contributed by atoms with Crippen LogP contribution >= 0.6 is 0 Å². The number of hydrogen-bond acceptors (Lipinski definition) is 4. The van der Waals surface area contributed by atoms with Crippen molar-refractivity contribution in [1.29, 1.82) is 0 Å². The van der Waals surface area contributed by atoms with Crippen molar-refractivity contribution in [1.82, 2.24) is 13.7 Å². The maximum absolute atomic E-state index is 12.4. The number of imidazole rings is 1. The summed E-state index contributed by atoms with van der Waals surface area (Å²) < 4.78 is 9.46. The van der Waals surface area contributed by atoms with Crippen LogP contribution in [0, 0.1) is 0 Å². The summed E-state index contributed by atoms with van der Waals surface area (Å²) in [6, 6.07) is 12.1. The minimum atomic E-state index is -0.581. The molecule has 2 aromatic carbocycles. The average Bonchev–Trinajstić information content (AvgIpc) is 3.05. The van der Waals surface area contributed by atoms with Crippen LogP contribution in [0.25, 0.3) is 22.1 Å². The van der Waals surface area contributed by atoms with Gasteiger partial charge in [-0.15, -0.1) is 0 Å². The summed E-state index contributed by atoms with van der Waals surface area (Å²) in [6.07, 6.45) is 0. The van der Waals surface area contributed by atoms with Crippen LogP contribution in [0.15, 0.2) is 56.5 Å². The summed E-state index contributed by atoms with van der Waals surface area (Å²) in [7, 11) is 3.37. The van der Waals surface area contributed by atoms with Gasteiger partial charge in [-0.05, 0) is 30.3 Å². The molecule has 0 aliphatic rings. The Morgan fingerprint density at radius 1 is 1.00 bits per heavy atom. The number of amides is 1. The first-order chi connectivity index (χ1) is 12.5. The molecule has 132 valence electrons. The van der Waals surface area contributed by atoms with Gasteiger partial charge in [0.25, 0.3) is 0 Å². The number of benzene rings is 2. The van der Waals surface area contributed by atoms with Gasteiger partial charge in [-0.1, -0.05) is 12.1 Å². The summed E-state index contributed by atoms with van der Waals surface area (Å²) in [5.41, 5.74) is 2.89. The van der Waals surface area contributed by atoms with Gasteiger partial charge in [-0.2, -0.15) is 0 Å². The lowest BCUT2D eigenvalue weighted by Crippen LogP contribution is -2.24. The summed E-state index contributed by atoms with van der Waals surface area (Å²) in [4.78, 5) is 36.3. The Balaban J connectivity index is 1.63. The zero-order valence-electron chi connectivity index (χ0n) is 14.2. The predicted molar refractivity (Wildman–Crippen MR) is 97.3 cm³/mol. The highest BCUT2D eigenvalue weighted by atomic mass is 16.4. The molecule has 0 fully saturated rings. The first kappa shape index (κ1) is 15.9. The molecule has 0 unspecified atom stereocenters. The Hall–Kier alpha value is -3.55. The molecule has 0 atom stereocenters. The topological polar surface area (TPSA) is 91.2 Å². The third-order valence-electron chi connectivity index (χ3n) is 4.43. The lowest BCUT2D eigenvalue weighted by atomic mass is 10.2. The molecule has 0 aliphatic heterocycles. The lowest BCUT2D eigenvalue weighted by Gasteiger charge is -2.06. The molecule has 0 aliphatic carbocycles. The number of carbonyl (C=O) groups is 1. The smallest absolute Gasteiger partial charge is 0.408 e. The molecule has 2 heterocycles.